The number of hydrogen-bond acceptors (Lipinski definition) is 4. The van der Waals surface area contributed by atoms with Gasteiger partial charge in [0.25, 0.3) is 0 Å². The average molecular weight is 324 g/mol. The summed E-state index contributed by atoms with van der Waals surface area (Å²) in [7, 11) is 0.660. The number of methoxy groups -OCH3 is 1. The van der Waals surface area contributed by atoms with Crippen LogP contribution in [0.15, 0.2) is 24.3 Å². The molecule has 0 aromatic heterocycles. The summed E-state index contributed by atoms with van der Waals surface area (Å²) < 4.78 is 16.8. The fraction of sp³-hybridized carbons (Fsp3) is 0.562. The first-order valence-electron chi connectivity index (χ1n) is 7.63. The van der Waals surface area contributed by atoms with Crippen LogP contribution in [0.25, 0.3) is 0 Å². The highest BCUT2D eigenvalue weighted by Crippen LogP contribution is 2.14. The van der Waals surface area contributed by atoms with Crippen LogP contribution >= 0.6 is 0 Å². The lowest BCUT2D eigenvalue weighted by Gasteiger charge is -2.11. The molecule has 6 heteroatoms. The van der Waals surface area contributed by atoms with E-state index in [0.717, 1.165) is 30.6 Å². The van der Waals surface area contributed by atoms with Gasteiger partial charge in [0.05, 0.1) is 6.61 Å². The van der Waals surface area contributed by atoms with E-state index >= 15 is 0 Å². The molecule has 0 bridgehead atoms. The van der Waals surface area contributed by atoms with E-state index < -0.39 is 10.8 Å². The number of benzene rings is 1. The minimum atomic E-state index is -0.943. The Bertz CT molecular complexity index is 516. The van der Waals surface area contributed by atoms with E-state index in [2.05, 4.69) is 10.6 Å². The predicted molar refractivity (Wildman–Crippen MR) is 89.3 cm³/mol. The quantitative estimate of drug-likeness (QED) is 0.763. The smallest absolute Gasteiger partial charge is 0.225 e. The van der Waals surface area contributed by atoms with Crippen LogP contribution in [-0.2, 0) is 26.1 Å². The molecule has 22 heavy (non-hydrogen) atoms. The number of rotatable bonds is 8. The van der Waals surface area contributed by atoms with Crippen LogP contribution in [0.2, 0.25) is 0 Å². The van der Waals surface area contributed by atoms with Crippen molar-refractivity contribution >= 4 is 22.4 Å². The van der Waals surface area contributed by atoms with E-state index in [1.165, 1.54) is 0 Å². The average Bonchev–Trinajstić information content (AvgIpc) is 2.98. The maximum atomic E-state index is 12.0. The second-order valence-corrected chi connectivity index (χ2v) is 7.10. The molecule has 1 heterocycles. The molecule has 0 saturated carbocycles. The monoisotopic (exact) mass is 324 g/mol. The van der Waals surface area contributed by atoms with Gasteiger partial charge in [0.1, 0.15) is 0 Å². The molecular weight excluding hydrogens is 300 g/mol. The first-order chi connectivity index (χ1) is 10.7. The maximum Gasteiger partial charge on any atom is 0.225 e. The summed E-state index contributed by atoms with van der Waals surface area (Å²) in [6.07, 6.45) is 2.71. The van der Waals surface area contributed by atoms with Crippen LogP contribution in [0.5, 0.6) is 0 Å². The Labute approximate surface area is 134 Å². The SMILES string of the molecule is COCCS(=O)Cc1cccc(NC(=O)CC2CCCN2)c1. The molecule has 1 aromatic rings. The fourth-order valence-corrected chi connectivity index (χ4v) is 3.59. The van der Waals surface area contributed by atoms with E-state index in [1.807, 2.05) is 24.3 Å². The summed E-state index contributed by atoms with van der Waals surface area (Å²) in [4.78, 5) is 12.0. The molecule has 1 fully saturated rings. The lowest BCUT2D eigenvalue weighted by Crippen LogP contribution is -2.27. The highest BCUT2D eigenvalue weighted by molar-refractivity contribution is 7.84. The molecule has 2 atom stereocenters. The Morgan fingerprint density at radius 3 is 3.09 bits per heavy atom. The van der Waals surface area contributed by atoms with Gasteiger partial charge in [-0.3, -0.25) is 9.00 Å². The van der Waals surface area contributed by atoms with Gasteiger partial charge in [0.2, 0.25) is 5.91 Å². The van der Waals surface area contributed by atoms with Crippen LogP contribution in [0.1, 0.15) is 24.8 Å². The van der Waals surface area contributed by atoms with E-state index in [0.29, 0.717) is 30.6 Å². The minimum absolute atomic E-state index is 0.0251. The number of anilines is 1. The summed E-state index contributed by atoms with van der Waals surface area (Å²) in [5, 5.41) is 6.24. The molecule has 1 aliphatic heterocycles. The van der Waals surface area contributed by atoms with Crippen molar-refractivity contribution < 1.29 is 13.7 Å². The molecule has 0 radical (unpaired) electrons. The molecule has 1 aromatic carbocycles. The highest BCUT2D eigenvalue weighted by Gasteiger charge is 2.17. The third-order valence-corrected chi connectivity index (χ3v) is 4.93. The summed E-state index contributed by atoms with van der Waals surface area (Å²) in [5.41, 5.74) is 1.73. The number of amides is 1. The molecule has 0 spiro atoms. The largest absolute Gasteiger partial charge is 0.384 e. The first kappa shape index (κ1) is 17.1. The zero-order chi connectivity index (χ0) is 15.8. The number of ether oxygens (including phenoxy) is 1. The second kappa shape index (κ2) is 9.02. The van der Waals surface area contributed by atoms with Gasteiger partial charge in [-0.2, -0.15) is 0 Å². The van der Waals surface area contributed by atoms with Gasteiger partial charge in [-0.25, -0.2) is 0 Å². The van der Waals surface area contributed by atoms with Crippen molar-refractivity contribution in [2.45, 2.75) is 31.1 Å². The number of carbonyl (C=O) groups excluding carboxylic acids is 1. The van der Waals surface area contributed by atoms with Gasteiger partial charge in [0.15, 0.2) is 0 Å². The Morgan fingerprint density at radius 1 is 1.50 bits per heavy atom. The van der Waals surface area contributed by atoms with E-state index in [4.69, 9.17) is 4.74 Å². The molecule has 1 saturated heterocycles. The van der Waals surface area contributed by atoms with Crippen LogP contribution in [0.3, 0.4) is 0 Å². The van der Waals surface area contributed by atoms with Crippen LogP contribution < -0.4 is 10.6 Å². The van der Waals surface area contributed by atoms with Gasteiger partial charge in [-0.05, 0) is 37.1 Å². The summed E-state index contributed by atoms with van der Waals surface area (Å²) in [5.74, 6) is 1.04. The van der Waals surface area contributed by atoms with E-state index in [1.54, 1.807) is 7.11 Å². The van der Waals surface area contributed by atoms with Gasteiger partial charge < -0.3 is 15.4 Å². The molecule has 1 aliphatic rings. The maximum absolute atomic E-state index is 12.0. The first-order valence-corrected chi connectivity index (χ1v) is 9.12. The topological polar surface area (TPSA) is 67.4 Å². The predicted octanol–water partition coefficient (Wildman–Crippen LogP) is 1.66. The minimum Gasteiger partial charge on any atom is -0.384 e. The second-order valence-electron chi connectivity index (χ2n) is 5.53. The van der Waals surface area contributed by atoms with Gasteiger partial charge in [-0.1, -0.05) is 12.1 Å². The molecule has 122 valence electrons. The van der Waals surface area contributed by atoms with Crippen molar-refractivity contribution in [1.82, 2.24) is 5.32 Å². The highest BCUT2D eigenvalue weighted by atomic mass is 32.2. The normalized spacial score (nSPS) is 19.0. The van der Waals surface area contributed by atoms with Gasteiger partial charge >= 0.3 is 0 Å². The fourth-order valence-electron chi connectivity index (χ4n) is 2.54. The molecule has 5 nitrogen and oxygen atoms in total. The Kier molecular flexibility index (Phi) is 7.02. The van der Waals surface area contributed by atoms with Crippen LogP contribution in [-0.4, -0.2) is 42.2 Å². The Hall–Kier alpha value is -1.24. The van der Waals surface area contributed by atoms with Crippen molar-refractivity contribution in [3.8, 4) is 0 Å². The summed E-state index contributed by atoms with van der Waals surface area (Å²) in [6.45, 7) is 1.50. The molecule has 2 unspecified atom stereocenters. The van der Waals surface area contributed by atoms with Crippen LogP contribution in [0, 0.1) is 0 Å². The lowest BCUT2D eigenvalue weighted by atomic mass is 10.1. The summed E-state index contributed by atoms with van der Waals surface area (Å²) >= 11 is 0. The lowest BCUT2D eigenvalue weighted by molar-refractivity contribution is -0.116. The molecule has 2 rings (SSSR count). The van der Waals surface area contributed by atoms with Crippen molar-refractivity contribution in [2.75, 3.05) is 31.3 Å². The summed E-state index contributed by atoms with van der Waals surface area (Å²) in [6, 6.07) is 7.86. The van der Waals surface area contributed by atoms with E-state index in [-0.39, 0.29) is 5.91 Å². The van der Waals surface area contributed by atoms with Gasteiger partial charge in [0, 0.05) is 47.6 Å². The van der Waals surface area contributed by atoms with Crippen molar-refractivity contribution in [2.24, 2.45) is 0 Å². The zero-order valence-electron chi connectivity index (χ0n) is 13.0. The molecule has 2 N–H and O–H groups in total. The van der Waals surface area contributed by atoms with Crippen molar-refractivity contribution in [3.63, 3.8) is 0 Å². The Morgan fingerprint density at radius 2 is 2.36 bits per heavy atom. The standard InChI is InChI=1S/C16H24N2O3S/c1-21-8-9-22(20)12-13-4-2-5-15(10-13)18-16(19)11-14-6-3-7-17-14/h2,4-5,10,14,17H,3,6-9,11-12H2,1H3,(H,18,19). The van der Waals surface area contributed by atoms with Crippen LogP contribution in [0.4, 0.5) is 5.69 Å². The van der Waals surface area contributed by atoms with Crippen molar-refractivity contribution in [1.29, 1.82) is 0 Å². The molecular formula is C16H24N2O3S. The number of carbonyl (C=O) groups is 1. The number of hydrogen-bond donors (Lipinski definition) is 2. The molecule has 0 aliphatic carbocycles. The third kappa shape index (κ3) is 5.87. The Balaban J connectivity index is 1.84. The van der Waals surface area contributed by atoms with Gasteiger partial charge in [-0.15, -0.1) is 0 Å². The third-order valence-electron chi connectivity index (χ3n) is 3.65. The zero-order valence-corrected chi connectivity index (χ0v) is 13.8. The molecule has 1 amide bonds. The van der Waals surface area contributed by atoms with E-state index in [9.17, 15) is 9.00 Å². The van der Waals surface area contributed by atoms with Crippen molar-refractivity contribution in [3.05, 3.63) is 29.8 Å². The number of nitrogens with one attached hydrogen (secondary N) is 2.